The van der Waals surface area contributed by atoms with Crippen molar-refractivity contribution in [2.45, 2.75) is 39.5 Å². The molecule has 0 aliphatic carbocycles. The number of nitrogens with two attached hydrogens (primary N) is 1. The maximum atomic E-state index is 5.59. The van der Waals surface area contributed by atoms with E-state index in [1.54, 1.807) is 0 Å². The molecule has 0 spiro atoms. The Hall–Kier alpha value is 0.0569. The fourth-order valence-corrected chi connectivity index (χ4v) is 2.50. The van der Waals surface area contributed by atoms with Crippen molar-refractivity contribution >= 4 is 9.53 Å². The first-order chi connectivity index (χ1) is 7.35. The van der Waals surface area contributed by atoms with Crippen LogP contribution in [0.5, 0.6) is 0 Å². The molecule has 0 saturated carbocycles. The van der Waals surface area contributed by atoms with Gasteiger partial charge in [-0.1, -0.05) is 13.8 Å². The van der Waals surface area contributed by atoms with Crippen LogP contribution in [0.1, 0.15) is 39.5 Å². The highest BCUT2D eigenvalue weighted by Gasteiger charge is 2.13. The van der Waals surface area contributed by atoms with E-state index in [-0.39, 0.29) is 0 Å². The number of rotatable bonds is 11. The van der Waals surface area contributed by atoms with Gasteiger partial charge in [-0.15, -0.1) is 0 Å². The van der Waals surface area contributed by atoms with Gasteiger partial charge in [-0.25, -0.2) is 0 Å². The number of unbranched alkanes of at least 4 members (excludes halogenated alkanes) is 1. The molecule has 0 fully saturated rings. The molecule has 0 unspecified atom stereocenters. The molecule has 0 heterocycles. The van der Waals surface area contributed by atoms with E-state index in [1.165, 1.54) is 0 Å². The van der Waals surface area contributed by atoms with E-state index in [2.05, 4.69) is 13.8 Å². The Morgan fingerprint density at radius 3 is 1.87 bits per heavy atom. The van der Waals surface area contributed by atoms with Crippen LogP contribution in [0.2, 0.25) is 0 Å². The molecular formula is C10H25NO3Si. The minimum atomic E-state index is -1.85. The SMILES string of the molecule is CCCO[SiH](OCCC)OCCCCN. The normalized spacial score (nSPS) is 11.2. The summed E-state index contributed by atoms with van der Waals surface area (Å²) in [5.41, 5.74) is 5.40. The van der Waals surface area contributed by atoms with Gasteiger partial charge in [0.25, 0.3) is 0 Å². The smallest absolute Gasteiger partial charge is 0.376 e. The Morgan fingerprint density at radius 2 is 1.40 bits per heavy atom. The molecule has 0 amide bonds. The molecule has 2 N–H and O–H groups in total. The fraction of sp³-hybridized carbons (Fsp3) is 1.00. The lowest BCUT2D eigenvalue weighted by molar-refractivity contribution is 0.0920. The largest absolute Gasteiger partial charge is 0.484 e. The maximum absolute atomic E-state index is 5.59. The Kier molecular flexibility index (Phi) is 12.2. The van der Waals surface area contributed by atoms with Gasteiger partial charge in [0.2, 0.25) is 0 Å². The van der Waals surface area contributed by atoms with Crippen molar-refractivity contribution in [3.05, 3.63) is 0 Å². The van der Waals surface area contributed by atoms with E-state index in [4.69, 9.17) is 19.0 Å². The lowest BCUT2D eigenvalue weighted by Gasteiger charge is -2.15. The molecular weight excluding hydrogens is 210 g/mol. The van der Waals surface area contributed by atoms with E-state index in [9.17, 15) is 0 Å². The second-order valence-corrected chi connectivity index (χ2v) is 4.97. The molecule has 0 aromatic carbocycles. The summed E-state index contributed by atoms with van der Waals surface area (Å²) < 4.78 is 16.7. The minimum Gasteiger partial charge on any atom is -0.376 e. The molecule has 5 heteroatoms. The molecule has 92 valence electrons. The van der Waals surface area contributed by atoms with Crippen LogP contribution in [0, 0.1) is 0 Å². The minimum absolute atomic E-state index is 0.710. The molecule has 0 aromatic heterocycles. The van der Waals surface area contributed by atoms with Gasteiger partial charge in [0, 0.05) is 19.8 Å². The van der Waals surface area contributed by atoms with Crippen molar-refractivity contribution in [2.75, 3.05) is 26.4 Å². The predicted molar refractivity (Wildman–Crippen MR) is 63.9 cm³/mol. The molecule has 15 heavy (non-hydrogen) atoms. The first kappa shape index (κ1) is 15.1. The molecule has 0 aliphatic heterocycles. The Labute approximate surface area is 95.1 Å². The summed E-state index contributed by atoms with van der Waals surface area (Å²) in [5.74, 6) is 0. The third-order valence-corrected chi connectivity index (χ3v) is 3.29. The van der Waals surface area contributed by atoms with Gasteiger partial charge < -0.3 is 19.0 Å². The quantitative estimate of drug-likeness (QED) is 0.433. The predicted octanol–water partition coefficient (Wildman–Crippen LogP) is 1.31. The van der Waals surface area contributed by atoms with E-state index >= 15 is 0 Å². The van der Waals surface area contributed by atoms with E-state index in [0.717, 1.165) is 45.4 Å². The summed E-state index contributed by atoms with van der Waals surface area (Å²) in [7, 11) is -1.85. The summed E-state index contributed by atoms with van der Waals surface area (Å²) in [6.07, 6.45) is 4.00. The highest BCUT2D eigenvalue weighted by Crippen LogP contribution is 1.98. The number of hydrogen-bond acceptors (Lipinski definition) is 4. The van der Waals surface area contributed by atoms with Crippen LogP contribution in [0.4, 0.5) is 0 Å². The molecule has 0 saturated heterocycles. The molecule has 0 rings (SSSR count). The first-order valence-electron chi connectivity index (χ1n) is 5.90. The third-order valence-electron chi connectivity index (χ3n) is 1.77. The summed E-state index contributed by atoms with van der Waals surface area (Å²) >= 11 is 0. The summed E-state index contributed by atoms with van der Waals surface area (Å²) in [6.45, 7) is 7.07. The van der Waals surface area contributed by atoms with Gasteiger partial charge >= 0.3 is 9.53 Å². The van der Waals surface area contributed by atoms with Gasteiger partial charge in [0.15, 0.2) is 0 Å². The van der Waals surface area contributed by atoms with Crippen LogP contribution in [-0.2, 0) is 13.3 Å². The zero-order valence-corrected chi connectivity index (χ0v) is 11.2. The highest BCUT2D eigenvalue weighted by atomic mass is 28.3. The van der Waals surface area contributed by atoms with Crippen LogP contribution in [0.25, 0.3) is 0 Å². The Bertz CT molecular complexity index is 119. The first-order valence-corrected chi connectivity index (χ1v) is 7.31. The van der Waals surface area contributed by atoms with Crippen LogP contribution >= 0.6 is 0 Å². The topological polar surface area (TPSA) is 53.7 Å². The molecule has 0 atom stereocenters. The van der Waals surface area contributed by atoms with E-state index in [1.807, 2.05) is 0 Å². The van der Waals surface area contributed by atoms with Crippen LogP contribution < -0.4 is 5.73 Å². The Balaban J connectivity index is 3.49. The van der Waals surface area contributed by atoms with Crippen molar-refractivity contribution in [2.24, 2.45) is 5.73 Å². The number of hydrogen-bond donors (Lipinski definition) is 1. The molecule has 0 bridgehead atoms. The third kappa shape index (κ3) is 10.3. The van der Waals surface area contributed by atoms with Gasteiger partial charge in [-0.3, -0.25) is 0 Å². The van der Waals surface area contributed by atoms with Crippen molar-refractivity contribution < 1.29 is 13.3 Å². The fourth-order valence-electron chi connectivity index (χ4n) is 0.998. The van der Waals surface area contributed by atoms with Crippen LogP contribution in [0.15, 0.2) is 0 Å². The van der Waals surface area contributed by atoms with Crippen molar-refractivity contribution in [3.63, 3.8) is 0 Å². The van der Waals surface area contributed by atoms with Crippen molar-refractivity contribution in [1.29, 1.82) is 0 Å². The zero-order chi connectivity index (χ0) is 11.4. The highest BCUT2D eigenvalue weighted by molar-refractivity contribution is 6.36. The van der Waals surface area contributed by atoms with Crippen molar-refractivity contribution in [3.8, 4) is 0 Å². The lowest BCUT2D eigenvalue weighted by Crippen LogP contribution is -2.28. The van der Waals surface area contributed by atoms with Crippen LogP contribution in [-0.4, -0.2) is 35.9 Å². The van der Waals surface area contributed by atoms with E-state index < -0.39 is 9.53 Å². The van der Waals surface area contributed by atoms with Gasteiger partial charge in [-0.05, 0) is 32.2 Å². The summed E-state index contributed by atoms with van der Waals surface area (Å²) in [5, 5.41) is 0. The second kappa shape index (κ2) is 12.1. The van der Waals surface area contributed by atoms with Crippen molar-refractivity contribution in [1.82, 2.24) is 0 Å². The summed E-state index contributed by atoms with van der Waals surface area (Å²) in [6, 6.07) is 0. The van der Waals surface area contributed by atoms with Gasteiger partial charge in [0.05, 0.1) is 0 Å². The second-order valence-electron chi connectivity index (χ2n) is 3.40. The molecule has 0 radical (unpaired) electrons. The molecule has 0 aromatic rings. The lowest BCUT2D eigenvalue weighted by atomic mass is 10.3. The van der Waals surface area contributed by atoms with Gasteiger partial charge in [-0.2, -0.15) is 0 Å². The molecule has 4 nitrogen and oxygen atoms in total. The van der Waals surface area contributed by atoms with E-state index in [0.29, 0.717) is 6.61 Å². The Morgan fingerprint density at radius 1 is 0.867 bits per heavy atom. The molecule has 0 aliphatic rings. The average molecular weight is 235 g/mol. The van der Waals surface area contributed by atoms with Crippen LogP contribution in [0.3, 0.4) is 0 Å². The standard InChI is InChI=1S/C10H25NO3Si/c1-3-8-12-15(13-9-4-2)14-10-6-5-7-11/h15H,3-11H2,1-2H3. The monoisotopic (exact) mass is 235 g/mol. The van der Waals surface area contributed by atoms with Gasteiger partial charge in [0.1, 0.15) is 0 Å². The average Bonchev–Trinajstić information content (AvgIpc) is 2.27. The zero-order valence-electron chi connectivity index (χ0n) is 10.0. The maximum Gasteiger partial charge on any atom is 0.484 e. The summed E-state index contributed by atoms with van der Waals surface area (Å²) in [4.78, 5) is 0.